The van der Waals surface area contributed by atoms with Gasteiger partial charge in [-0.25, -0.2) is 0 Å². The first kappa shape index (κ1) is 22.7. The van der Waals surface area contributed by atoms with Crippen molar-refractivity contribution >= 4 is 22.9 Å². The Balaban J connectivity index is 1.88. The maximum Gasteiger partial charge on any atom is 0.258 e. The summed E-state index contributed by atoms with van der Waals surface area (Å²) in [5.41, 5.74) is 5.29. The highest BCUT2D eigenvalue weighted by atomic mass is 16.5. The molecule has 0 atom stereocenters. The molecule has 1 aliphatic rings. The first-order chi connectivity index (χ1) is 14.9. The maximum absolute atomic E-state index is 12.8. The lowest BCUT2D eigenvalue weighted by Gasteiger charge is -2.24. The van der Waals surface area contributed by atoms with E-state index in [1.165, 1.54) is 5.56 Å². The Labute approximate surface area is 185 Å². The lowest BCUT2D eigenvalue weighted by Crippen LogP contribution is -2.29. The van der Waals surface area contributed by atoms with Gasteiger partial charge in [-0.3, -0.25) is 9.69 Å². The van der Waals surface area contributed by atoms with Gasteiger partial charge < -0.3 is 20.1 Å². The van der Waals surface area contributed by atoms with Crippen LogP contribution < -0.4 is 20.1 Å². The highest BCUT2D eigenvalue weighted by molar-refractivity contribution is 6.32. The van der Waals surface area contributed by atoms with Gasteiger partial charge in [0.25, 0.3) is 5.91 Å². The van der Waals surface area contributed by atoms with Crippen LogP contribution in [0.1, 0.15) is 45.2 Å². The van der Waals surface area contributed by atoms with Crippen molar-refractivity contribution in [1.29, 1.82) is 0 Å². The molecule has 166 valence electrons. The van der Waals surface area contributed by atoms with Gasteiger partial charge in [-0.05, 0) is 50.6 Å². The first-order valence-corrected chi connectivity index (χ1v) is 10.8. The fourth-order valence-electron chi connectivity index (χ4n) is 3.89. The molecule has 31 heavy (non-hydrogen) atoms. The van der Waals surface area contributed by atoms with Crippen molar-refractivity contribution in [3.05, 3.63) is 53.2 Å². The van der Waals surface area contributed by atoms with Gasteiger partial charge >= 0.3 is 0 Å². The number of allylic oxidation sites excluding steroid dienone is 1. The second kappa shape index (κ2) is 9.88. The summed E-state index contributed by atoms with van der Waals surface area (Å²) in [6, 6.07) is 12.6. The molecule has 1 aliphatic heterocycles. The molecule has 1 heterocycles. The molecule has 2 aromatic carbocycles. The van der Waals surface area contributed by atoms with E-state index < -0.39 is 0 Å². The van der Waals surface area contributed by atoms with Gasteiger partial charge in [-0.2, -0.15) is 0 Å². The predicted molar refractivity (Wildman–Crippen MR) is 127 cm³/mol. The van der Waals surface area contributed by atoms with Crippen molar-refractivity contribution in [3.8, 4) is 11.5 Å². The quantitative estimate of drug-likeness (QED) is 0.548. The fraction of sp³-hybridized carbons (Fsp3) is 0.400. The van der Waals surface area contributed by atoms with Crippen LogP contribution in [-0.4, -0.2) is 37.6 Å². The largest absolute Gasteiger partial charge is 0.493 e. The molecule has 0 aromatic heterocycles. The minimum absolute atomic E-state index is 0.123. The van der Waals surface area contributed by atoms with Gasteiger partial charge in [-0.1, -0.05) is 26.0 Å². The van der Waals surface area contributed by atoms with Crippen LogP contribution in [0.2, 0.25) is 0 Å². The third kappa shape index (κ3) is 4.85. The number of fused-ring (bicyclic) bond motifs is 1. The minimum atomic E-state index is -0.123. The number of nitrogens with zero attached hydrogens (tertiary/aromatic N) is 1. The molecule has 1 amide bonds. The van der Waals surface area contributed by atoms with E-state index in [0.717, 1.165) is 35.7 Å². The number of methoxy groups -OCH3 is 2. The predicted octanol–water partition coefficient (Wildman–Crippen LogP) is 5.12. The van der Waals surface area contributed by atoms with Crippen LogP contribution >= 0.6 is 0 Å². The minimum Gasteiger partial charge on any atom is -0.493 e. The molecule has 0 radical (unpaired) electrons. The van der Waals surface area contributed by atoms with Crippen molar-refractivity contribution in [2.45, 2.75) is 46.7 Å². The molecule has 0 unspecified atom stereocenters. The number of anilines is 2. The van der Waals surface area contributed by atoms with E-state index in [0.29, 0.717) is 29.5 Å². The Morgan fingerprint density at radius 1 is 1.06 bits per heavy atom. The number of amides is 1. The SMILES string of the molecule is CC/C(Nc1ccc(CN(CC)C(C)C)cc1)=C1/C(=O)Nc2cc(OC)c(OC)cc21. The van der Waals surface area contributed by atoms with E-state index >= 15 is 0 Å². The van der Waals surface area contributed by atoms with E-state index in [9.17, 15) is 4.79 Å². The van der Waals surface area contributed by atoms with Crippen molar-refractivity contribution in [1.82, 2.24) is 4.90 Å². The zero-order valence-corrected chi connectivity index (χ0v) is 19.3. The highest BCUT2D eigenvalue weighted by Crippen LogP contribution is 2.42. The fourth-order valence-corrected chi connectivity index (χ4v) is 3.89. The summed E-state index contributed by atoms with van der Waals surface area (Å²) in [7, 11) is 3.18. The molecule has 0 saturated carbocycles. The van der Waals surface area contributed by atoms with E-state index in [2.05, 4.69) is 60.6 Å². The van der Waals surface area contributed by atoms with Crippen LogP contribution in [0.15, 0.2) is 42.1 Å². The standard InChI is InChI=1S/C25H33N3O3/c1-7-20(26-18-11-9-17(10-12-18)15-28(8-2)16(3)4)24-19-13-22(30-5)23(31-6)14-21(19)27-25(24)29/h9-14,16,26H,7-8,15H2,1-6H3,(H,27,29)/b24-20-. The van der Waals surface area contributed by atoms with Gasteiger partial charge in [0, 0.05) is 35.6 Å². The van der Waals surface area contributed by atoms with Crippen LogP contribution in [0, 0.1) is 0 Å². The number of hydrogen-bond acceptors (Lipinski definition) is 5. The smallest absolute Gasteiger partial charge is 0.258 e. The lowest BCUT2D eigenvalue weighted by atomic mass is 10.0. The topological polar surface area (TPSA) is 62.8 Å². The number of nitrogens with one attached hydrogen (secondary N) is 2. The monoisotopic (exact) mass is 423 g/mol. The first-order valence-electron chi connectivity index (χ1n) is 10.8. The van der Waals surface area contributed by atoms with Crippen LogP contribution in [0.25, 0.3) is 5.57 Å². The van der Waals surface area contributed by atoms with E-state index in [1.54, 1.807) is 20.3 Å². The second-order valence-electron chi connectivity index (χ2n) is 7.89. The molecule has 0 spiro atoms. The Hall–Kier alpha value is -2.99. The number of rotatable bonds is 9. The van der Waals surface area contributed by atoms with Crippen molar-refractivity contribution in [2.75, 3.05) is 31.4 Å². The van der Waals surface area contributed by atoms with Crippen LogP contribution in [0.3, 0.4) is 0 Å². The van der Waals surface area contributed by atoms with Crippen molar-refractivity contribution < 1.29 is 14.3 Å². The Kier molecular flexibility index (Phi) is 7.23. The molecule has 6 heteroatoms. The molecule has 0 fully saturated rings. The van der Waals surface area contributed by atoms with E-state index in [1.807, 2.05) is 13.0 Å². The summed E-state index contributed by atoms with van der Waals surface area (Å²) in [4.78, 5) is 15.2. The zero-order chi connectivity index (χ0) is 22.5. The average Bonchev–Trinajstić information content (AvgIpc) is 3.09. The molecule has 0 saturated heterocycles. The van der Waals surface area contributed by atoms with Gasteiger partial charge in [0.15, 0.2) is 11.5 Å². The third-order valence-electron chi connectivity index (χ3n) is 5.69. The zero-order valence-electron chi connectivity index (χ0n) is 19.3. The summed E-state index contributed by atoms with van der Waals surface area (Å²) >= 11 is 0. The number of ether oxygens (including phenoxy) is 2. The van der Waals surface area contributed by atoms with Crippen LogP contribution in [0.5, 0.6) is 11.5 Å². The number of hydrogen-bond donors (Lipinski definition) is 2. The van der Waals surface area contributed by atoms with Crippen LogP contribution in [0.4, 0.5) is 11.4 Å². The molecular formula is C25H33N3O3. The highest BCUT2D eigenvalue weighted by Gasteiger charge is 2.29. The number of benzene rings is 2. The Bertz CT molecular complexity index is 965. The van der Waals surface area contributed by atoms with Crippen LogP contribution in [-0.2, 0) is 11.3 Å². The van der Waals surface area contributed by atoms with E-state index in [4.69, 9.17) is 9.47 Å². The molecule has 6 nitrogen and oxygen atoms in total. The number of carbonyl (C=O) groups excluding carboxylic acids is 1. The lowest BCUT2D eigenvalue weighted by molar-refractivity contribution is -0.110. The molecule has 2 aromatic rings. The molecule has 0 bridgehead atoms. The summed E-state index contributed by atoms with van der Waals surface area (Å²) in [6.45, 7) is 10.6. The third-order valence-corrected chi connectivity index (χ3v) is 5.69. The van der Waals surface area contributed by atoms with Gasteiger partial charge in [0.05, 0.1) is 25.5 Å². The average molecular weight is 424 g/mol. The molecule has 0 aliphatic carbocycles. The second-order valence-corrected chi connectivity index (χ2v) is 7.89. The molecule has 3 rings (SSSR count). The molecular weight excluding hydrogens is 390 g/mol. The van der Waals surface area contributed by atoms with Gasteiger partial charge in [-0.15, -0.1) is 0 Å². The summed E-state index contributed by atoms with van der Waals surface area (Å²) in [6.07, 6.45) is 0.690. The summed E-state index contributed by atoms with van der Waals surface area (Å²) < 4.78 is 10.8. The van der Waals surface area contributed by atoms with Crippen molar-refractivity contribution in [3.63, 3.8) is 0 Å². The normalized spacial score (nSPS) is 14.5. The molecule has 2 N–H and O–H groups in total. The Morgan fingerprint density at radius 3 is 2.26 bits per heavy atom. The maximum atomic E-state index is 12.8. The van der Waals surface area contributed by atoms with Crippen molar-refractivity contribution in [2.24, 2.45) is 0 Å². The number of carbonyl (C=O) groups is 1. The van der Waals surface area contributed by atoms with E-state index in [-0.39, 0.29) is 5.91 Å². The van der Waals surface area contributed by atoms with Gasteiger partial charge in [0.2, 0.25) is 0 Å². The van der Waals surface area contributed by atoms with Gasteiger partial charge in [0.1, 0.15) is 0 Å². The summed E-state index contributed by atoms with van der Waals surface area (Å²) in [5.74, 6) is 1.06. The summed E-state index contributed by atoms with van der Waals surface area (Å²) in [5, 5.41) is 6.40. The Morgan fingerprint density at radius 2 is 1.71 bits per heavy atom.